The van der Waals surface area contributed by atoms with E-state index < -0.39 is 6.10 Å². The molecule has 5 heteroatoms. The molecule has 3 atom stereocenters. The molecule has 1 fully saturated rings. The predicted octanol–water partition coefficient (Wildman–Crippen LogP) is 2.00. The summed E-state index contributed by atoms with van der Waals surface area (Å²) in [5, 5.41) is 19.6. The van der Waals surface area contributed by atoms with Gasteiger partial charge in [0.1, 0.15) is 0 Å². The van der Waals surface area contributed by atoms with Crippen molar-refractivity contribution in [2.75, 3.05) is 32.1 Å². The minimum Gasteiger partial charge on any atom is -0.391 e. The number of hydrogen-bond donors (Lipinski definition) is 2. The van der Waals surface area contributed by atoms with Gasteiger partial charge in [-0.3, -0.25) is 0 Å². The number of β-amino-alcohol motifs (C(OH)–C–C–N with tert-alkyl or cyclic N) is 1. The van der Waals surface area contributed by atoms with E-state index >= 15 is 0 Å². The van der Waals surface area contributed by atoms with E-state index in [4.69, 9.17) is 0 Å². The molecule has 1 aromatic rings. The van der Waals surface area contributed by atoms with Crippen LogP contribution >= 0.6 is 15.9 Å². The molecule has 0 saturated carbocycles. The van der Waals surface area contributed by atoms with Crippen LogP contribution in [-0.4, -0.2) is 54.4 Å². The second kappa shape index (κ2) is 6.43. The van der Waals surface area contributed by atoms with Crippen molar-refractivity contribution in [2.24, 2.45) is 0 Å². The predicted molar refractivity (Wildman–Crippen MR) is 85.1 cm³/mol. The molecule has 0 spiro atoms. The molecule has 2 unspecified atom stereocenters. The normalized spacial score (nSPS) is 24.4. The van der Waals surface area contributed by atoms with Gasteiger partial charge < -0.3 is 20.0 Å². The zero-order chi connectivity index (χ0) is 14.9. The molecule has 1 saturated heterocycles. The molecule has 1 aromatic carbocycles. The van der Waals surface area contributed by atoms with E-state index in [0.29, 0.717) is 12.6 Å². The number of hydrogen-bond acceptors (Lipinski definition) is 4. The Morgan fingerprint density at radius 1 is 1.45 bits per heavy atom. The molecule has 4 nitrogen and oxygen atoms in total. The Kier molecular flexibility index (Phi) is 5.07. The van der Waals surface area contributed by atoms with Gasteiger partial charge in [0, 0.05) is 29.3 Å². The van der Waals surface area contributed by atoms with Crippen LogP contribution in [0.3, 0.4) is 0 Å². The summed E-state index contributed by atoms with van der Waals surface area (Å²) >= 11 is 3.52. The number of rotatable bonds is 4. The highest BCUT2D eigenvalue weighted by atomic mass is 79.9. The van der Waals surface area contributed by atoms with Crippen molar-refractivity contribution in [3.8, 4) is 0 Å². The Morgan fingerprint density at radius 3 is 2.70 bits per heavy atom. The molecule has 20 heavy (non-hydrogen) atoms. The summed E-state index contributed by atoms with van der Waals surface area (Å²) in [6, 6.07) is 6.32. The van der Waals surface area contributed by atoms with E-state index in [0.717, 1.165) is 28.7 Å². The minimum atomic E-state index is -0.486. The summed E-state index contributed by atoms with van der Waals surface area (Å²) in [6.45, 7) is 3.35. The van der Waals surface area contributed by atoms with Gasteiger partial charge in [0.15, 0.2) is 0 Å². The highest BCUT2D eigenvalue weighted by Gasteiger charge is 2.31. The maximum atomic E-state index is 9.94. The molecule has 0 amide bonds. The zero-order valence-corrected chi connectivity index (χ0v) is 13.8. The van der Waals surface area contributed by atoms with Crippen LogP contribution in [0.5, 0.6) is 0 Å². The Balaban J connectivity index is 2.23. The lowest BCUT2D eigenvalue weighted by molar-refractivity contribution is 0.191. The lowest BCUT2D eigenvalue weighted by Gasteiger charge is -2.29. The van der Waals surface area contributed by atoms with Crippen molar-refractivity contribution in [3.05, 3.63) is 28.2 Å². The van der Waals surface area contributed by atoms with Crippen molar-refractivity contribution in [3.63, 3.8) is 0 Å². The van der Waals surface area contributed by atoms with Crippen molar-refractivity contribution in [2.45, 2.75) is 31.6 Å². The Morgan fingerprint density at radius 2 is 2.15 bits per heavy atom. The molecule has 2 rings (SSSR count). The van der Waals surface area contributed by atoms with Crippen LogP contribution in [0, 0.1) is 0 Å². The number of anilines is 1. The monoisotopic (exact) mass is 342 g/mol. The van der Waals surface area contributed by atoms with Gasteiger partial charge in [0.05, 0.1) is 12.2 Å². The van der Waals surface area contributed by atoms with Gasteiger partial charge in [-0.05, 0) is 45.1 Å². The number of nitrogens with zero attached hydrogens (tertiary/aromatic N) is 2. The summed E-state index contributed by atoms with van der Waals surface area (Å²) in [5.41, 5.74) is 1.97. The van der Waals surface area contributed by atoms with E-state index in [1.54, 1.807) is 6.92 Å². The van der Waals surface area contributed by atoms with Crippen LogP contribution in [0.1, 0.15) is 25.0 Å². The first-order chi connectivity index (χ1) is 9.38. The summed E-state index contributed by atoms with van der Waals surface area (Å²) in [5.74, 6) is 0. The van der Waals surface area contributed by atoms with Gasteiger partial charge in [-0.15, -0.1) is 0 Å². The van der Waals surface area contributed by atoms with Crippen LogP contribution in [0.15, 0.2) is 22.7 Å². The molecule has 1 aliphatic heterocycles. The lowest BCUT2D eigenvalue weighted by atomic mass is 10.1. The zero-order valence-electron chi connectivity index (χ0n) is 12.3. The van der Waals surface area contributed by atoms with Gasteiger partial charge in [-0.1, -0.05) is 22.0 Å². The molecular formula is C15H23BrN2O2. The minimum absolute atomic E-state index is 0.268. The molecule has 1 heterocycles. The van der Waals surface area contributed by atoms with Crippen LogP contribution in [-0.2, 0) is 0 Å². The average molecular weight is 343 g/mol. The first kappa shape index (κ1) is 15.8. The topological polar surface area (TPSA) is 46.9 Å². The van der Waals surface area contributed by atoms with Crippen LogP contribution in [0.4, 0.5) is 5.69 Å². The number of halogens is 1. The second-order valence-electron chi connectivity index (χ2n) is 5.84. The molecule has 2 N–H and O–H groups in total. The quantitative estimate of drug-likeness (QED) is 0.878. The fraction of sp³-hybridized carbons (Fsp3) is 0.600. The maximum Gasteiger partial charge on any atom is 0.0772 e. The molecule has 0 radical (unpaired) electrons. The fourth-order valence-electron chi connectivity index (χ4n) is 2.84. The molecule has 0 aliphatic carbocycles. The lowest BCUT2D eigenvalue weighted by Crippen LogP contribution is -2.37. The van der Waals surface area contributed by atoms with Crippen molar-refractivity contribution < 1.29 is 10.2 Å². The molecule has 0 aromatic heterocycles. The SMILES string of the molecule is C[C@@H](O)c1ccc(N2CC(O)CC2CN(C)C)cc1Br. The van der Waals surface area contributed by atoms with Crippen molar-refractivity contribution in [1.82, 2.24) is 4.90 Å². The third kappa shape index (κ3) is 3.52. The van der Waals surface area contributed by atoms with Gasteiger partial charge >= 0.3 is 0 Å². The van der Waals surface area contributed by atoms with Gasteiger partial charge in [-0.25, -0.2) is 0 Å². The van der Waals surface area contributed by atoms with E-state index in [1.165, 1.54) is 0 Å². The number of aliphatic hydroxyl groups excluding tert-OH is 2. The van der Waals surface area contributed by atoms with E-state index in [-0.39, 0.29) is 6.10 Å². The number of likely N-dealkylation sites (N-methyl/N-ethyl adjacent to an activating group) is 1. The first-order valence-corrected chi connectivity index (χ1v) is 7.74. The summed E-state index contributed by atoms with van der Waals surface area (Å²) in [6.07, 6.45) is 0.0452. The van der Waals surface area contributed by atoms with E-state index in [2.05, 4.69) is 39.8 Å². The smallest absolute Gasteiger partial charge is 0.0772 e. The van der Waals surface area contributed by atoms with Crippen molar-refractivity contribution in [1.29, 1.82) is 0 Å². The number of benzene rings is 1. The largest absolute Gasteiger partial charge is 0.391 e. The standard InChI is InChI=1S/C15H23BrN2O2/c1-10(19)14-5-4-11(7-15(14)16)18-9-13(20)6-12(18)8-17(2)3/h4-5,7,10,12-13,19-20H,6,8-9H2,1-3H3/t10-,12?,13?/m1/s1. The first-order valence-electron chi connectivity index (χ1n) is 6.95. The highest BCUT2D eigenvalue weighted by molar-refractivity contribution is 9.10. The molecule has 112 valence electrons. The molecular weight excluding hydrogens is 320 g/mol. The highest BCUT2D eigenvalue weighted by Crippen LogP contribution is 2.32. The van der Waals surface area contributed by atoms with Crippen LogP contribution in [0.25, 0.3) is 0 Å². The fourth-order valence-corrected chi connectivity index (χ4v) is 3.53. The third-order valence-corrected chi connectivity index (χ3v) is 4.42. The molecule has 1 aliphatic rings. The van der Waals surface area contributed by atoms with E-state index in [1.807, 2.05) is 18.2 Å². The average Bonchev–Trinajstić information content (AvgIpc) is 2.68. The van der Waals surface area contributed by atoms with Gasteiger partial charge in [-0.2, -0.15) is 0 Å². The van der Waals surface area contributed by atoms with Gasteiger partial charge in [0.2, 0.25) is 0 Å². The van der Waals surface area contributed by atoms with Crippen LogP contribution in [0.2, 0.25) is 0 Å². The van der Waals surface area contributed by atoms with Crippen molar-refractivity contribution >= 4 is 21.6 Å². The Labute approximate surface area is 129 Å². The van der Waals surface area contributed by atoms with Gasteiger partial charge in [0.25, 0.3) is 0 Å². The summed E-state index contributed by atoms with van der Waals surface area (Å²) < 4.78 is 0.912. The maximum absolute atomic E-state index is 9.94. The summed E-state index contributed by atoms with van der Waals surface area (Å²) in [7, 11) is 4.10. The number of aliphatic hydroxyl groups is 2. The third-order valence-electron chi connectivity index (χ3n) is 3.73. The Hall–Kier alpha value is -0.620. The summed E-state index contributed by atoms with van der Waals surface area (Å²) in [4.78, 5) is 4.40. The van der Waals surface area contributed by atoms with E-state index in [9.17, 15) is 10.2 Å². The molecule has 0 bridgehead atoms. The van der Waals surface area contributed by atoms with Crippen LogP contribution < -0.4 is 4.90 Å². The second-order valence-corrected chi connectivity index (χ2v) is 6.69. The Bertz CT molecular complexity index is 465.